The summed E-state index contributed by atoms with van der Waals surface area (Å²) in [5.74, 6) is 0.985. The van der Waals surface area contributed by atoms with Gasteiger partial charge in [-0.05, 0) is 43.0 Å². The lowest BCUT2D eigenvalue weighted by molar-refractivity contribution is 0.0597. The van der Waals surface area contributed by atoms with E-state index in [9.17, 15) is 4.79 Å². The van der Waals surface area contributed by atoms with Crippen molar-refractivity contribution in [3.05, 3.63) is 65.3 Å². The molecule has 1 aliphatic rings. The summed E-state index contributed by atoms with van der Waals surface area (Å²) in [5, 5.41) is 3.43. The minimum Gasteiger partial charge on any atom is -0.496 e. The van der Waals surface area contributed by atoms with Gasteiger partial charge in [0.05, 0.1) is 32.2 Å². The predicted octanol–water partition coefficient (Wildman–Crippen LogP) is 3.79. The molecule has 1 atom stereocenters. The van der Waals surface area contributed by atoms with Gasteiger partial charge in [0, 0.05) is 6.54 Å². The third-order valence-corrected chi connectivity index (χ3v) is 4.65. The molecular formula is C21H25N3O3. The van der Waals surface area contributed by atoms with Crippen LogP contribution in [-0.2, 0) is 11.3 Å². The van der Waals surface area contributed by atoms with E-state index < -0.39 is 5.97 Å². The first kappa shape index (κ1) is 18.9. The molecule has 6 heteroatoms. The molecule has 1 heterocycles. The third-order valence-electron chi connectivity index (χ3n) is 4.65. The van der Waals surface area contributed by atoms with Crippen LogP contribution in [-0.4, -0.2) is 30.2 Å². The molecule has 0 spiro atoms. The summed E-state index contributed by atoms with van der Waals surface area (Å²) in [6, 6.07) is 5.54. The van der Waals surface area contributed by atoms with E-state index in [2.05, 4.69) is 40.4 Å². The molecule has 27 heavy (non-hydrogen) atoms. The number of H-pyrrole nitrogens is 1. The van der Waals surface area contributed by atoms with E-state index in [0.29, 0.717) is 17.9 Å². The van der Waals surface area contributed by atoms with Gasteiger partial charge in [-0.15, -0.1) is 0 Å². The number of carbonyl (C=O) groups is 1. The average Bonchev–Trinajstić information content (AvgIpc) is 3.22. The van der Waals surface area contributed by atoms with Crippen molar-refractivity contribution < 1.29 is 14.3 Å². The van der Waals surface area contributed by atoms with Gasteiger partial charge in [-0.3, -0.25) is 0 Å². The van der Waals surface area contributed by atoms with Crippen molar-refractivity contribution >= 4 is 11.5 Å². The van der Waals surface area contributed by atoms with E-state index in [-0.39, 0.29) is 6.04 Å². The van der Waals surface area contributed by atoms with E-state index in [0.717, 1.165) is 29.9 Å². The number of hydrogen-bond acceptors (Lipinski definition) is 5. The summed E-state index contributed by atoms with van der Waals surface area (Å²) >= 11 is 0. The van der Waals surface area contributed by atoms with E-state index in [1.165, 1.54) is 19.8 Å². The second-order valence-corrected chi connectivity index (χ2v) is 6.47. The molecule has 0 fully saturated rings. The maximum atomic E-state index is 11.9. The fraction of sp³-hybridized carbons (Fsp3) is 0.333. The lowest BCUT2D eigenvalue weighted by Crippen LogP contribution is -2.19. The number of nitrogens with zero attached hydrogens (tertiary/aromatic N) is 1. The number of allylic oxidation sites excluding steroid dienone is 4. The Morgan fingerprint density at radius 3 is 2.93 bits per heavy atom. The van der Waals surface area contributed by atoms with Crippen LogP contribution in [0, 0.1) is 0 Å². The topological polar surface area (TPSA) is 76.2 Å². The van der Waals surface area contributed by atoms with Gasteiger partial charge in [0.15, 0.2) is 0 Å². The molecule has 0 saturated heterocycles. The summed E-state index contributed by atoms with van der Waals surface area (Å²) in [4.78, 5) is 19.8. The fourth-order valence-electron chi connectivity index (χ4n) is 3.05. The predicted molar refractivity (Wildman–Crippen MR) is 105 cm³/mol. The summed E-state index contributed by atoms with van der Waals surface area (Å²) in [5.41, 5.74) is 3.74. The summed E-state index contributed by atoms with van der Waals surface area (Å²) in [6.45, 7) is 2.65. The number of aromatic nitrogens is 2. The van der Waals surface area contributed by atoms with Crippen LogP contribution in [0.3, 0.4) is 0 Å². The van der Waals surface area contributed by atoms with Crippen molar-refractivity contribution in [2.45, 2.75) is 32.4 Å². The number of esters is 1. The lowest BCUT2D eigenvalue weighted by atomic mass is 10.0. The third kappa shape index (κ3) is 4.46. The smallest absolute Gasteiger partial charge is 0.341 e. The number of imidazole rings is 1. The van der Waals surface area contributed by atoms with Crippen molar-refractivity contribution in [2.75, 3.05) is 14.2 Å². The number of hydrogen-bond donors (Lipinski definition) is 2. The van der Waals surface area contributed by atoms with E-state index >= 15 is 0 Å². The molecule has 0 saturated carbocycles. The Bertz CT molecular complexity index is 867. The molecule has 1 aromatic heterocycles. The second kappa shape index (κ2) is 8.68. The van der Waals surface area contributed by atoms with Crippen LogP contribution in [0.2, 0.25) is 0 Å². The molecule has 1 aliphatic carbocycles. The number of ether oxygens (including phenoxy) is 2. The molecule has 0 bridgehead atoms. The Morgan fingerprint density at radius 2 is 2.22 bits per heavy atom. The Kier molecular flexibility index (Phi) is 6.08. The number of rotatable bonds is 7. The highest BCUT2D eigenvalue weighted by molar-refractivity contribution is 5.92. The molecule has 0 amide bonds. The SMILES string of the molecule is COC(=O)c1cc(CN[C@@H](C)c2ncc(C3=CC=CCC3)[nH]2)ccc1OC. The maximum absolute atomic E-state index is 11.9. The van der Waals surface area contributed by atoms with Crippen LogP contribution in [0.25, 0.3) is 5.57 Å². The normalized spacial score (nSPS) is 14.6. The van der Waals surface area contributed by atoms with Gasteiger partial charge in [-0.1, -0.05) is 24.3 Å². The minimum absolute atomic E-state index is 0.0437. The quantitative estimate of drug-likeness (QED) is 0.728. The van der Waals surface area contributed by atoms with Gasteiger partial charge < -0.3 is 19.8 Å². The Morgan fingerprint density at radius 1 is 1.37 bits per heavy atom. The molecular weight excluding hydrogens is 342 g/mol. The number of benzene rings is 1. The van der Waals surface area contributed by atoms with E-state index in [4.69, 9.17) is 9.47 Å². The zero-order valence-corrected chi connectivity index (χ0v) is 15.9. The van der Waals surface area contributed by atoms with Crippen LogP contribution in [0.1, 0.15) is 53.2 Å². The first-order valence-electron chi connectivity index (χ1n) is 9.02. The van der Waals surface area contributed by atoms with Crippen LogP contribution >= 0.6 is 0 Å². The molecule has 1 aromatic carbocycles. The highest BCUT2D eigenvalue weighted by atomic mass is 16.5. The molecule has 0 radical (unpaired) electrons. The van der Waals surface area contributed by atoms with Crippen molar-refractivity contribution in [2.24, 2.45) is 0 Å². The highest BCUT2D eigenvalue weighted by Gasteiger charge is 2.15. The van der Waals surface area contributed by atoms with Gasteiger partial charge in [0.2, 0.25) is 0 Å². The summed E-state index contributed by atoms with van der Waals surface area (Å²) in [7, 11) is 2.90. The monoisotopic (exact) mass is 367 g/mol. The molecule has 6 nitrogen and oxygen atoms in total. The van der Waals surface area contributed by atoms with Crippen molar-refractivity contribution in [3.63, 3.8) is 0 Å². The van der Waals surface area contributed by atoms with Crippen LogP contribution in [0.4, 0.5) is 0 Å². The maximum Gasteiger partial charge on any atom is 0.341 e. The fourth-order valence-corrected chi connectivity index (χ4v) is 3.05. The van der Waals surface area contributed by atoms with E-state index in [1.54, 1.807) is 12.1 Å². The standard InChI is InChI=1S/C21H25N3O3/c1-14(20-23-13-18(24-20)16-7-5-4-6-8-16)22-12-15-9-10-19(26-2)17(11-15)21(25)27-3/h4-5,7,9-11,13-14,22H,6,8,12H2,1-3H3,(H,23,24)/t14-/m0/s1. The van der Waals surface area contributed by atoms with Crippen LogP contribution < -0.4 is 10.1 Å². The van der Waals surface area contributed by atoms with E-state index in [1.807, 2.05) is 12.3 Å². The van der Waals surface area contributed by atoms with Gasteiger partial charge in [-0.25, -0.2) is 9.78 Å². The number of aromatic amines is 1. The van der Waals surface area contributed by atoms with Crippen molar-refractivity contribution in [1.29, 1.82) is 0 Å². The molecule has 142 valence electrons. The van der Waals surface area contributed by atoms with Gasteiger partial charge >= 0.3 is 5.97 Å². The number of carbonyl (C=O) groups excluding carboxylic acids is 1. The lowest BCUT2D eigenvalue weighted by Gasteiger charge is -2.13. The van der Waals surface area contributed by atoms with Crippen LogP contribution in [0.15, 0.2) is 42.6 Å². The average molecular weight is 367 g/mol. The first-order chi connectivity index (χ1) is 13.1. The minimum atomic E-state index is -0.410. The zero-order valence-electron chi connectivity index (χ0n) is 15.9. The number of methoxy groups -OCH3 is 2. The zero-order chi connectivity index (χ0) is 19.2. The Balaban J connectivity index is 1.66. The van der Waals surface area contributed by atoms with Gasteiger partial charge in [0.1, 0.15) is 17.1 Å². The molecule has 2 N–H and O–H groups in total. The highest BCUT2D eigenvalue weighted by Crippen LogP contribution is 2.24. The Hall–Kier alpha value is -2.86. The molecule has 3 rings (SSSR count). The largest absolute Gasteiger partial charge is 0.496 e. The molecule has 0 aliphatic heterocycles. The van der Waals surface area contributed by atoms with Gasteiger partial charge in [-0.2, -0.15) is 0 Å². The second-order valence-electron chi connectivity index (χ2n) is 6.47. The summed E-state index contributed by atoms with van der Waals surface area (Å²) < 4.78 is 10.1. The summed E-state index contributed by atoms with van der Waals surface area (Å²) in [6.07, 6.45) is 10.4. The van der Waals surface area contributed by atoms with Crippen LogP contribution in [0.5, 0.6) is 5.75 Å². The van der Waals surface area contributed by atoms with Crippen molar-refractivity contribution in [3.8, 4) is 5.75 Å². The molecule has 0 unspecified atom stereocenters. The molecule has 2 aromatic rings. The Labute approximate surface area is 159 Å². The van der Waals surface area contributed by atoms with Crippen molar-refractivity contribution in [1.82, 2.24) is 15.3 Å². The van der Waals surface area contributed by atoms with Gasteiger partial charge in [0.25, 0.3) is 0 Å². The number of nitrogens with one attached hydrogen (secondary N) is 2. The first-order valence-corrected chi connectivity index (χ1v) is 9.02.